The maximum Gasteiger partial charge on any atom is 0.213 e. The van der Waals surface area contributed by atoms with Gasteiger partial charge in [0.25, 0.3) is 0 Å². The van der Waals surface area contributed by atoms with Crippen molar-refractivity contribution in [2.75, 3.05) is 24.7 Å². The first-order valence-electron chi connectivity index (χ1n) is 5.21. The summed E-state index contributed by atoms with van der Waals surface area (Å²) in [6, 6.07) is 6.92. The number of rotatable bonds is 6. The lowest BCUT2D eigenvalue weighted by molar-refractivity contribution is 0.101. The standard InChI is InChI=1S/C11H16N2O3S/c1-9(14)10-3-5-11(6-4-10)13-7-8-17(15,16)12-2/h3-6,12-13H,7-8H2,1-2H3. The number of carbonyl (C=O) groups is 1. The van der Waals surface area contributed by atoms with E-state index in [1.54, 1.807) is 24.3 Å². The molecule has 1 rings (SSSR count). The van der Waals surface area contributed by atoms with Crippen LogP contribution in [0.2, 0.25) is 0 Å². The van der Waals surface area contributed by atoms with Crippen molar-refractivity contribution in [3.63, 3.8) is 0 Å². The van der Waals surface area contributed by atoms with Crippen LogP contribution in [0.1, 0.15) is 17.3 Å². The first-order chi connectivity index (χ1) is 7.94. The summed E-state index contributed by atoms with van der Waals surface area (Å²) in [6.45, 7) is 1.82. The molecule has 0 radical (unpaired) electrons. The molecule has 0 fully saturated rings. The van der Waals surface area contributed by atoms with Crippen molar-refractivity contribution in [2.24, 2.45) is 0 Å². The molecule has 1 aromatic carbocycles. The molecule has 0 spiro atoms. The van der Waals surface area contributed by atoms with E-state index in [4.69, 9.17) is 0 Å². The predicted molar refractivity (Wildman–Crippen MR) is 67.8 cm³/mol. The van der Waals surface area contributed by atoms with Crippen molar-refractivity contribution >= 4 is 21.5 Å². The van der Waals surface area contributed by atoms with Crippen LogP contribution in [0, 0.1) is 0 Å². The van der Waals surface area contributed by atoms with E-state index >= 15 is 0 Å². The Morgan fingerprint density at radius 1 is 1.24 bits per heavy atom. The molecule has 6 heteroatoms. The minimum atomic E-state index is -3.18. The molecule has 0 saturated heterocycles. The molecular formula is C11H16N2O3S. The molecule has 0 aliphatic heterocycles. The monoisotopic (exact) mass is 256 g/mol. The molecule has 2 N–H and O–H groups in total. The summed E-state index contributed by atoms with van der Waals surface area (Å²) in [7, 11) is -1.79. The van der Waals surface area contributed by atoms with Gasteiger partial charge in [-0.1, -0.05) is 0 Å². The zero-order valence-corrected chi connectivity index (χ0v) is 10.7. The van der Waals surface area contributed by atoms with E-state index in [2.05, 4.69) is 10.0 Å². The Morgan fingerprint density at radius 2 is 1.82 bits per heavy atom. The fraction of sp³-hybridized carbons (Fsp3) is 0.364. The third-order valence-electron chi connectivity index (χ3n) is 2.30. The SMILES string of the molecule is CNS(=O)(=O)CCNc1ccc(C(C)=O)cc1. The highest BCUT2D eigenvalue weighted by atomic mass is 32.2. The number of benzene rings is 1. The molecular weight excluding hydrogens is 240 g/mol. The van der Waals surface area contributed by atoms with Crippen molar-refractivity contribution in [3.8, 4) is 0 Å². The normalized spacial score (nSPS) is 11.2. The van der Waals surface area contributed by atoms with Crippen molar-refractivity contribution in [1.82, 2.24) is 4.72 Å². The van der Waals surface area contributed by atoms with Gasteiger partial charge in [-0.2, -0.15) is 0 Å². The third-order valence-corrected chi connectivity index (χ3v) is 3.67. The van der Waals surface area contributed by atoms with Crippen LogP contribution in [-0.4, -0.2) is 33.5 Å². The molecule has 0 atom stereocenters. The van der Waals surface area contributed by atoms with Gasteiger partial charge in [-0.15, -0.1) is 0 Å². The van der Waals surface area contributed by atoms with E-state index < -0.39 is 10.0 Å². The van der Waals surface area contributed by atoms with Crippen molar-refractivity contribution in [1.29, 1.82) is 0 Å². The lowest BCUT2D eigenvalue weighted by Gasteiger charge is -2.07. The maximum absolute atomic E-state index is 11.1. The molecule has 17 heavy (non-hydrogen) atoms. The molecule has 1 aromatic rings. The number of sulfonamides is 1. The second-order valence-electron chi connectivity index (χ2n) is 3.58. The summed E-state index contributed by atoms with van der Waals surface area (Å²) in [5.41, 5.74) is 1.43. The van der Waals surface area contributed by atoms with Gasteiger partial charge < -0.3 is 5.32 Å². The highest BCUT2D eigenvalue weighted by Gasteiger charge is 2.05. The summed E-state index contributed by atoms with van der Waals surface area (Å²) >= 11 is 0. The van der Waals surface area contributed by atoms with E-state index in [1.807, 2.05) is 0 Å². The number of ketones is 1. The maximum atomic E-state index is 11.1. The van der Waals surface area contributed by atoms with Gasteiger partial charge in [-0.3, -0.25) is 4.79 Å². The third kappa shape index (κ3) is 4.54. The fourth-order valence-electron chi connectivity index (χ4n) is 1.25. The van der Waals surface area contributed by atoms with Crippen LogP contribution >= 0.6 is 0 Å². The summed E-state index contributed by atoms with van der Waals surface area (Å²) in [6.07, 6.45) is 0. The number of Topliss-reactive ketones (excluding diaryl/α,β-unsaturated/α-hetero) is 1. The zero-order valence-electron chi connectivity index (χ0n) is 9.86. The van der Waals surface area contributed by atoms with Gasteiger partial charge in [-0.25, -0.2) is 13.1 Å². The lowest BCUT2D eigenvalue weighted by Crippen LogP contribution is -2.26. The van der Waals surface area contributed by atoms with Crippen LogP contribution in [0.5, 0.6) is 0 Å². The van der Waals surface area contributed by atoms with Crippen LogP contribution in [0.15, 0.2) is 24.3 Å². The molecule has 5 nitrogen and oxygen atoms in total. The highest BCUT2D eigenvalue weighted by molar-refractivity contribution is 7.89. The molecule has 0 aliphatic rings. The first kappa shape index (κ1) is 13.7. The van der Waals surface area contributed by atoms with E-state index in [0.717, 1.165) is 5.69 Å². The van der Waals surface area contributed by atoms with E-state index in [1.165, 1.54) is 14.0 Å². The summed E-state index contributed by atoms with van der Waals surface area (Å²) in [5.74, 6) is 0.0205. The first-order valence-corrected chi connectivity index (χ1v) is 6.86. The van der Waals surface area contributed by atoms with Crippen LogP contribution in [-0.2, 0) is 10.0 Å². The second kappa shape index (κ2) is 5.79. The number of hydrogen-bond acceptors (Lipinski definition) is 4. The van der Waals surface area contributed by atoms with Crippen molar-refractivity contribution in [3.05, 3.63) is 29.8 Å². The number of anilines is 1. The molecule has 0 bridgehead atoms. The number of nitrogens with one attached hydrogen (secondary N) is 2. The van der Waals surface area contributed by atoms with Crippen LogP contribution in [0.4, 0.5) is 5.69 Å². The van der Waals surface area contributed by atoms with Gasteiger partial charge in [0, 0.05) is 17.8 Å². The van der Waals surface area contributed by atoms with E-state index in [0.29, 0.717) is 12.1 Å². The van der Waals surface area contributed by atoms with Gasteiger partial charge in [-0.05, 0) is 38.2 Å². The molecule has 0 amide bonds. The van der Waals surface area contributed by atoms with Gasteiger partial charge in [0.15, 0.2) is 5.78 Å². The Kier molecular flexibility index (Phi) is 4.65. The minimum Gasteiger partial charge on any atom is -0.384 e. The molecule has 94 valence electrons. The highest BCUT2D eigenvalue weighted by Crippen LogP contribution is 2.09. The molecule has 0 saturated carbocycles. The van der Waals surface area contributed by atoms with Gasteiger partial charge in [0.1, 0.15) is 0 Å². The largest absolute Gasteiger partial charge is 0.384 e. The van der Waals surface area contributed by atoms with Gasteiger partial charge in [0.2, 0.25) is 10.0 Å². The van der Waals surface area contributed by atoms with Gasteiger partial charge >= 0.3 is 0 Å². The Bertz CT molecular complexity index is 480. The Labute approximate surface area is 101 Å². The Balaban J connectivity index is 2.51. The van der Waals surface area contributed by atoms with Gasteiger partial charge in [0.05, 0.1) is 5.75 Å². The predicted octanol–water partition coefficient (Wildman–Crippen LogP) is 0.850. The lowest BCUT2D eigenvalue weighted by atomic mass is 10.1. The van der Waals surface area contributed by atoms with Crippen molar-refractivity contribution < 1.29 is 13.2 Å². The van der Waals surface area contributed by atoms with Crippen LogP contribution in [0.3, 0.4) is 0 Å². The van der Waals surface area contributed by atoms with Crippen LogP contribution in [0.25, 0.3) is 0 Å². The molecule has 0 aromatic heterocycles. The van der Waals surface area contributed by atoms with Crippen LogP contribution < -0.4 is 10.0 Å². The number of hydrogen-bond donors (Lipinski definition) is 2. The minimum absolute atomic E-state index is 0.00862. The zero-order chi connectivity index (χ0) is 12.9. The average molecular weight is 256 g/mol. The quantitative estimate of drug-likeness (QED) is 0.740. The smallest absolute Gasteiger partial charge is 0.213 e. The second-order valence-corrected chi connectivity index (χ2v) is 5.63. The topological polar surface area (TPSA) is 75.3 Å². The average Bonchev–Trinajstić information content (AvgIpc) is 2.29. The summed E-state index contributed by atoms with van der Waals surface area (Å²) in [4.78, 5) is 11.0. The summed E-state index contributed by atoms with van der Waals surface area (Å²) < 4.78 is 24.5. The van der Waals surface area contributed by atoms with Crippen molar-refractivity contribution in [2.45, 2.75) is 6.92 Å². The molecule has 0 aliphatic carbocycles. The Morgan fingerprint density at radius 3 is 2.29 bits per heavy atom. The molecule has 0 unspecified atom stereocenters. The van der Waals surface area contributed by atoms with E-state index in [9.17, 15) is 13.2 Å². The Hall–Kier alpha value is -1.40. The molecule has 0 heterocycles. The summed E-state index contributed by atoms with van der Waals surface area (Å²) in [5, 5.41) is 2.97. The fourth-order valence-corrected chi connectivity index (χ4v) is 1.83. The number of carbonyl (C=O) groups excluding carboxylic acids is 1. The van der Waals surface area contributed by atoms with E-state index in [-0.39, 0.29) is 11.5 Å².